The van der Waals surface area contributed by atoms with Gasteiger partial charge in [-0.15, -0.1) is 0 Å². The fourth-order valence-corrected chi connectivity index (χ4v) is 3.54. The van der Waals surface area contributed by atoms with Crippen LogP contribution in [-0.4, -0.2) is 33.3 Å². The molecule has 1 aromatic heterocycles. The predicted octanol–water partition coefficient (Wildman–Crippen LogP) is 1.45. The first-order valence-corrected chi connectivity index (χ1v) is 8.38. The molecule has 6 nitrogen and oxygen atoms in total. The summed E-state index contributed by atoms with van der Waals surface area (Å²) in [5, 5.41) is 12.8. The summed E-state index contributed by atoms with van der Waals surface area (Å²) >= 11 is 0. The van der Waals surface area contributed by atoms with Crippen molar-refractivity contribution in [2.45, 2.75) is 38.0 Å². The van der Waals surface area contributed by atoms with Gasteiger partial charge in [0.2, 0.25) is 5.91 Å². The summed E-state index contributed by atoms with van der Waals surface area (Å²) < 4.78 is 7.31. The Morgan fingerprint density at radius 1 is 1.46 bits per heavy atom. The van der Waals surface area contributed by atoms with Gasteiger partial charge in [0.05, 0.1) is 25.1 Å². The molecule has 24 heavy (non-hydrogen) atoms. The van der Waals surface area contributed by atoms with E-state index >= 15 is 0 Å². The normalized spacial score (nSPS) is 23.0. The Bertz CT molecular complexity index is 723. The quantitative estimate of drug-likeness (QED) is 0.871. The molecule has 2 aliphatic rings. The summed E-state index contributed by atoms with van der Waals surface area (Å²) in [5.74, 6) is 1.17. The van der Waals surface area contributed by atoms with Crippen LogP contribution < -0.4 is 10.1 Å². The van der Waals surface area contributed by atoms with Crippen LogP contribution in [0.2, 0.25) is 0 Å². The molecular formula is C18H21N3O3. The van der Waals surface area contributed by atoms with Crippen LogP contribution in [0.25, 0.3) is 0 Å². The number of aromatic nitrogens is 2. The van der Waals surface area contributed by atoms with E-state index in [4.69, 9.17) is 4.74 Å². The molecule has 1 aromatic carbocycles. The van der Waals surface area contributed by atoms with E-state index in [-0.39, 0.29) is 30.5 Å². The molecule has 0 saturated heterocycles. The zero-order chi connectivity index (χ0) is 16.5. The lowest BCUT2D eigenvalue weighted by atomic mass is 9.75. The minimum atomic E-state index is -0.249. The second kappa shape index (κ2) is 6.28. The zero-order valence-corrected chi connectivity index (χ0v) is 13.4. The van der Waals surface area contributed by atoms with Gasteiger partial charge in [-0.3, -0.25) is 4.79 Å². The molecule has 1 aliphatic heterocycles. The second-order valence-electron chi connectivity index (χ2n) is 6.63. The van der Waals surface area contributed by atoms with Crippen LogP contribution in [0.5, 0.6) is 5.75 Å². The number of aliphatic hydroxyl groups excluding tert-OH is 1. The van der Waals surface area contributed by atoms with E-state index in [1.54, 1.807) is 23.3 Å². The number of ether oxygens (including phenoxy) is 1. The van der Waals surface area contributed by atoms with Crippen LogP contribution in [-0.2, 0) is 17.8 Å². The highest BCUT2D eigenvalue weighted by Gasteiger charge is 2.36. The van der Waals surface area contributed by atoms with Gasteiger partial charge in [-0.25, -0.2) is 4.98 Å². The lowest BCUT2D eigenvalue weighted by molar-refractivity contribution is -0.123. The molecule has 1 fully saturated rings. The molecule has 1 aliphatic carbocycles. The molecule has 2 aromatic rings. The summed E-state index contributed by atoms with van der Waals surface area (Å²) in [7, 11) is 0. The molecule has 2 heterocycles. The largest absolute Gasteiger partial charge is 0.493 e. The fourth-order valence-electron chi connectivity index (χ4n) is 3.54. The number of imidazole rings is 1. The number of benzene rings is 1. The van der Waals surface area contributed by atoms with Gasteiger partial charge < -0.3 is 19.7 Å². The summed E-state index contributed by atoms with van der Waals surface area (Å²) in [6.07, 6.45) is 7.18. The predicted molar refractivity (Wildman–Crippen MR) is 87.5 cm³/mol. The fraction of sp³-hybridized carbons (Fsp3) is 0.444. The highest BCUT2D eigenvalue weighted by Crippen LogP contribution is 2.39. The molecule has 0 spiro atoms. The van der Waals surface area contributed by atoms with Gasteiger partial charge in [0.1, 0.15) is 12.3 Å². The first kappa shape index (κ1) is 15.2. The first-order chi connectivity index (χ1) is 11.7. The minimum Gasteiger partial charge on any atom is -0.493 e. The van der Waals surface area contributed by atoms with Gasteiger partial charge in [-0.05, 0) is 42.0 Å². The Labute approximate surface area is 140 Å². The van der Waals surface area contributed by atoms with E-state index in [9.17, 15) is 9.90 Å². The summed E-state index contributed by atoms with van der Waals surface area (Å²) in [6, 6.07) is 6.07. The Balaban J connectivity index is 1.52. The molecule has 1 atom stereocenters. The summed E-state index contributed by atoms with van der Waals surface area (Å²) in [4.78, 5) is 16.4. The number of nitrogens with zero attached hydrogens (tertiary/aromatic N) is 2. The monoisotopic (exact) mass is 327 g/mol. The van der Waals surface area contributed by atoms with E-state index in [2.05, 4.69) is 16.4 Å². The van der Waals surface area contributed by atoms with Crippen molar-refractivity contribution in [3.8, 4) is 5.75 Å². The SMILES string of the molecule is O=C(Cn1ccnc1)N[C@@H](c1ccc2c(c1)CCO2)C1CC(O)C1. The van der Waals surface area contributed by atoms with Gasteiger partial charge in [-0.1, -0.05) is 6.07 Å². The van der Waals surface area contributed by atoms with E-state index in [0.717, 1.165) is 37.2 Å². The van der Waals surface area contributed by atoms with Crippen LogP contribution in [0.15, 0.2) is 36.9 Å². The first-order valence-electron chi connectivity index (χ1n) is 8.38. The Morgan fingerprint density at radius 3 is 3.08 bits per heavy atom. The lowest BCUT2D eigenvalue weighted by Gasteiger charge is -2.38. The number of hydrogen-bond acceptors (Lipinski definition) is 4. The maximum Gasteiger partial charge on any atom is 0.240 e. The Morgan fingerprint density at radius 2 is 2.33 bits per heavy atom. The van der Waals surface area contributed by atoms with E-state index in [1.165, 1.54) is 5.56 Å². The highest BCUT2D eigenvalue weighted by molar-refractivity contribution is 5.76. The molecule has 2 N–H and O–H groups in total. The summed E-state index contributed by atoms with van der Waals surface area (Å²) in [6.45, 7) is 0.971. The van der Waals surface area contributed by atoms with Crippen molar-refractivity contribution in [1.29, 1.82) is 0 Å². The topological polar surface area (TPSA) is 76.4 Å². The van der Waals surface area contributed by atoms with Crippen molar-refractivity contribution in [3.05, 3.63) is 48.0 Å². The molecule has 1 amide bonds. The van der Waals surface area contributed by atoms with Crippen molar-refractivity contribution in [3.63, 3.8) is 0 Å². The van der Waals surface area contributed by atoms with E-state index in [0.29, 0.717) is 0 Å². The third kappa shape index (κ3) is 3.01. The summed E-state index contributed by atoms with van der Waals surface area (Å²) in [5.41, 5.74) is 2.29. The highest BCUT2D eigenvalue weighted by atomic mass is 16.5. The molecule has 1 saturated carbocycles. The smallest absolute Gasteiger partial charge is 0.240 e. The van der Waals surface area contributed by atoms with Crippen molar-refractivity contribution < 1.29 is 14.6 Å². The van der Waals surface area contributed by atoms with Crippen LogP contribution in [0, 0.1) is 5.92 Å². The van der Waals surface area contributed by atoms with Gasteiger partial charge >= 0.3 is 0 Å². The molecule has 126 valence electrons. The Kier molecular flexibility index (Phi) is 3.98. The second-order valence-corrected chi connectivity index (χ2v) is 6.63. The average Bonchev–Trinajstić information content (AvgIpc) is 3.20. The number of nitrogens with one attached hydrogen (secondary N) is 1. The van der Waals surface area contributed by atoms with Gasteiger partial charge in [-0.2, -0.15) is 0 Å². The molecule has 0 radical (unpaired) electrons. The van der Waals surface area contributed by atoms with Crippen molar-refractivity contribution in [2.24, 2.45) is 5.92 Å². The number of aliphatic hydroxyl groups is 1. The third-order valence-electron chi connectivity index (χ3n) is 4.90. The van der Waals surface area contributed by atoms with Crippen LogP contribution in [0.1, 0.15) is 30.0 Å². The number of rotatable bonds is 5. The van der Waals surface area contributed by atoms with Crippen LogP contribution in [0.4, 0.5) is 0 Å². The number of carbonyl (C=O) groups is 1. The number of carbonyl (C=O) groups excluding carboxylic acids is 1. The van der Waals surface area contributed by atoms with Gasteiger partial charge in [0.15, 0.2) is 0 Å². The van der Waals surface area contributed by atoms with Gasteiger partial charge in [0.25, 0.3) is 0 Å². The van der Waals surface area contributed by atoms with Gasteiger partial charge in [0, 0.05) is 18.8 Å². The third-order valence-corrected chi connectivity index (χ3v) is 4.90. The van der Waals surface area contributed by atoms with Crippen molar-refractivity contribution >= 4 is 5.91 Å². The van der Waals surface area contributed by atoms with Crippen molar-refractivity contribution in [2.75, 3.05) is 6.61 Å². The zero-order valence-electron chi connectivity index (χ0n) is 13.4. The molecule has 6 heteroatoms. The van der Waals surface area contributed by atoms with Crippen LogP contribution >= 0.6 is 0 Å². The number of fused-ring (bicyclic) bond motifs is 1. The standard InChI is InChI=1S/C18H21N3O3/c22-15-8-14(9-15)18(20-17(23)10-21-5-4-19-11-21)13-1-2-16-12(7-13)3-6-24-16/h1-2,4-5,7,11,14-15,18,22H,3,6,8-10H2,(H,20,23)/t14?,15?,18-/m0/s1. The molecule has 0 bridgehead atoms. The van der Waals surface area contributed by atoms with E-state index in [1.807, 2.05) is 12.1 Å². The maximum absolute atomic E-state index is 12.4. The minimum absolute atomic E-state index is 0.0452. The average molecular weight is 327 g/mol. The van der Waals surface area contributed by atoms with E-state index < -0.39 is 0 Å². The lowest BCUT2D eigenvalue weighted by Crippen LogP contribution is -2.42. The molecular weight excluding hydrogens is 306 g/mol. The number of amides is 1. The molecule has 0 unspecified atom stereocenters. The van der Waals surface area contributed by atoms with Crippen LogP contribution in [0.3, 0.4) is 0 Å². The Hall–Kier alpha value is -2.34. The maximum atomic E-state index is 12.4. The number of hydrogen-bond donors (Lipinski definition) is 2. The van der Waals surface area contributed by atoms with Crippen molar-refractivity contribution in [1.82, 2.24) is 14.9 Å². The molecule has 4 rings (SSSR count).